The van der Waals surface area contributed by atoms with Crippen molar-refractivity contribution in [2.24, 2.45) is 0 Å². The highest BCUT2D eigenvalue weighted by Crippen LogP contribution is 2.50. The summed E-state index contributed by atoms with van der Waals surface area (Å²) in [7, 11) is 0. The molecule has 0 aliphatic rings. The van der Waals surface area contributed by atoms with E-state index in [0.29, 0.717) is 0 Å². The molecule has 2 heterocycles. The van der Waals surface area contributed by atoms with E-state index >= 15 is 0 Å². The summed E-state index contributed by atoms with van der Waals surface area (Å²) in [5.74, 6) is 0. The maximum Gasteiger partial charge on any atom is 0.116 e. The quantitative estimate of drug-likeness (QED) is 0.227. The summed E-state index contributed by atoms with van der Waals surface area (Å²) in [5.41, 5.74) is 8.79. The van der Waals surface area contributed by atoms with Gasteiger partial charge in [-0.1, -0.05) is 140 Å². The fourth-order valence-corrected chi connectivity index (χ4v) is 6.62. The predicted octanol–water partition coefficient (Wildman–Crippen LogP) is 10.0. The molecular formula is C36H24N2S. The highest BCUT2D eigenvalue weighted by molar-refractivity contribution is 7.21. The van der Waals surface area contributed by atoms with Gasteiger partial charge in [-0.2, -0.15) is 0 Å². The fourth-order valence-electron chi connectivity index (χ4n) is 5.26. The largest absolute Gasteiger partial charge is 0.236 e. The normalized spacial score (nSPS) is 11.1. The van der Waals surface area contributed by atoms with E-state index in [4.69, 9.17) is 9.97 Å². The molecule has 0 bridgehead atoms. The lowest BCUT2D eigenvalue weighted by Crippen LogP contribution is -1.95. The van der Waals surface area contributed by atoms with E-state index in [1.165, 1.54) is 37.2 Å². The Morgan fingerprint density at radius 1 is 0.385 bits per heavy atom. The summed E-state index contributed by atoms with van der Waals surface area (Å²) >= 11 is 1.83. The molecule has 2 nitrogen and oxygen atoms in total. The van der Waals surface area contributed by atoms with Crippen LogP contribution in [-0.4, -0.2) is 9.97 Å². The SMILES string of the molecule is c1ccc(-c2ccccc2-c2sc(-c3c(-c4ccccc4)ncnc3-c3ccccc3)c3ccccc23)cc1. The van der Waals surface area contributed by atoms with Gasteiger partial charge in [-0.05, 0) is 11.1 Å². The van der Waals surface area contributed by atoms with Gasteiger partial charge in [0.2, 0.25) is 0 Å². The molecule has 5 aromatic carbocycles. The molecule has 0 radical (unpaired) electrons. The molecule has 0 N–H and O–H groups in total. The first-order valence-corrected chi connectivity index (χ1v) is 13.8. The standard InChI is InChI=1S/C36H24N2S/c1-4-14-25(15-5-1)28-20-10-11-21-29(28)35-30-22-12-13-23-31(30)36(39-35)32-33(26-16-6-2-7-17-26)37-24-38-34(32)27-18-8-3-9-19-27/h1-24H. The Kier molecular flexibility index (Phi) is 6.04. The van der Waals surface area contributed by atoms with Crippen molar-refractivity contribution in [3.63, 3.8) is 0 Å². The molecule has 0 saturated carbocycles. The van der Waals surface area contributed by atoms with Crippen LogP contribution in [0.1, 0.15) is 0 Å². The molecule has 0 aliphatic heterocycles. The average Bonchev–Trinajstić information content (AvgIpc) is 3.41. The van der Waals surface area contributed by atoms with Crippen molar-refractivity contribution >= 4 is 22.1 Å². The molecule has 0 unspecified atom stereocenters. The molecule has 184 valence electrons. The number of thiophene rings is 1. The van der Waals surface area contributed by atoms with Crippen molar-refractivity contribution in [2.75, 3.05) is 0 Å². The molecule has 0 amide bonds. The van der Waals surface area contributed by atoms with Gasteiger partial charge in [-0.25, -0.2) is 9.97 Å². The molecule has 39 heavy (non-hydrogen) atoms. The van der Waals surface area contributed by atoms with Gasteiger partial charge in [-0.3, -0.25) is 0 Å². The lowest BCUT2D eigenvalue weighted by molar-refractivity contribution is 1.18. The third-order valence-electron chi connectivity index (χ3n) is 7.05. The molecule has 7 aromatic rings. The Labute approximate surface area is 231 Å². The van der Waals surface area contributed by atoms with E-state index in [-0.39, 0.29) is 0 Å². The topological polar surface area (TPSA) is 25.8 Å². The summed E-state index contributed by atoms with van der Waals surface area (Å²) < 4.78 is 0. The number of aromatic nitrogens is 2. The molecule has 0 saturated heterocycles. The van der Waals surface area contributed by atoms with Crippen LogP contribution in [-0.2, 0) is 0 Å². The first kappa shape index (κ1) is 23.3. The zero-order valence-corrected chi connectivity index (χ0v) is 22.0. The molecule has 3 heteroatoms. The monoisotopic (exact) mass is 516 g/mol. The number of rotatable bonds is 5. The first-order chi connectivity index (χ1) is 19.4. The highest BCUT2D eigenvalue weighted by atomic mass is 32.1. The molecule has 0 aliphatic carbocycles. The van der Waals surface area contributed by atoms with E-state index in [1.54, 1.807) is 6.33 Å². The number of hydrogen-bond acceptors (Lipinski definition) is 3. The lowest BCUT2D eigenvalue weighted by Gasteiger charge is -2.13. The van der Waals surface area contributed by atoms with Crippen molar-refractivity contribution in [3.8, 4) is 54.5 Å². The third-order valence-corrected chi connectivity index (χ3v) is 8.32. The van der Waals surface area contributed by atoms with E-state index in [2.05, 4.69) is 127 Å². The molecule has 2 aromatic heterocycles. The zero-order valence-electron chi connectivity index (χ0n) is 21.2. The second kappa shape index (κ2) is 10.1. The summed E-state index contributed by atoms with van der Waals surface area (Å²) in [6, 6.07) is 48.9. The summed E-state index contributed by atoms with van der Waals surface area (Å²) in [6.07, 6.45) is 1.69. The van der Waals surface area contributed by atoms with Gasteiger partial charge < -0.3 is 0 Å². The molecule has 0 fully saturated rings. The van der Waals surface area contributed by atoms with Crippen LogP contribution in [0, 0.1) is 0 Å². The van der Waals surface area contributed by atoms with E-state index < -0.39 is 0 Å². The van der Waals surface area contributed by atoms with Gasteiger partial charge >= 0.3 is 0 Å². The number of benzene rings is 5. The molecule has 0 spiro atoms. The number of hydrogen-bond donors (Lipinski definition) is 0. The lowest BCUT2D eigenvalue weighted by atomic mass is 9.95. The maximum absolute atomic E-state index is 4.86. The minimum atomic E-state index is 0.944. The van der Waals surface area contributed by atoms with Crippen LogP contribution in [0.5, 0.6) is 0 Å². The Hall–Kier alpha value is -4.86. The van der Waals surface area contributed by atoms with Crippen molar-refractivity contribution in [1.82, 2.24) is 9.97 Å². The number of nitrogens with zero attached hydrogens (tertiary/aromatic N) is 2. The highest BCUT2D eigenvalue weighted by Gasteiger charge is 2.23. The first-order valence-electron chi connectivity index (χ1n) is 13.0. The van der Waals surface area contributed by atoms with Crippen LogP contribution in [0.2, 0.25) is 0 Å². The van der Waals surface area contributed by atoms with E-state index in [1.807, 2.05) is 23.5 Å². The number of fused-ring (bicyclic) bond motifs is 1. The Morgan fingerprint density at radius 3 is 1.38 bits per heavy atom. The minimum absolute atomic E-state index is 0.944. The van der Waals surface area contributed by atoms with Crippen LogP contribution in [0.25, 0.3) is 65.3 Å². The van der Waals surface area contributed by atoms with Gasteiger partial charge in [-0.15, -0.1) is 11.3 Å². The van der Waals surface area contributed by atoms with E-state index in [9.17, 15) is 0 Å². The smallest absolute Gasteiger partial charge is 0.116 e. The minimum Gasteiger partial charge on any atom is -0.236 e. The van der Waals surface area contributed by atoms with Crippen molar-refractivity contribution in [1.29, 1.82) is 0 Å². The zero-order chi connectivity index (χ0) is 26.0. The van der Waals surface area contributed by atoms with Crippen LogP contribution in [0.15, 0.2) is 146 Å². The molecule has 7 rings (SSSR count). The molecular weight excluding hydrogens is 492 g/mol. The Morgan fingerprint density at radius 2 is 0.821 bits per heavy atom. The summed E-state index contributed by atoms with van der Waals surface area (Å²) in [5, 5.41) is 2.45. The van der Waals surface area contributed by atoms with Gasteiger partial charge in [0.15, 0.2) is 0 Å². The van der Waals surface area contributed by atoms with Crippen molar-refractivity contribution in [3.05, 3.63) is 146 Å². The van der Waals surface area contributed by atoms with Crippen LogP contribution in [0.4, 0.5) is 0 Å². The van der Waals surface area contributed by atoms with Gasteiger partial charge in [0, 0.05) is 42.8 Å². The van der Waals surface area contributed by atoms with Gasteiger partial charge in [0.1, 0.15) is 6.33 Å². The van der Waals surface area contributed by atoms with Crippen LogP contribution < -0.4 is 0 Å². The van der Waals surface area contributed by atoms with Crippen LogP contribution in [0.3, 0.4) is 0 Å². The summed E-state index contributed by atoms with van der Waals surface area (Å²) in [4.78, 5) is 12.2. The fraction of sp³-hybridized carbons (Fsp3) is 0. The summed E-state index contributed by atoms with van der Waals surface area (Å²) in [6.45, 7) is 0. The average molecular weight is 517 g/mol. The van der Waals surface area contributed by atoms with Crippen molar-refractivity contribution < 1.29 is 0 Å². The van der Waals surface area contributed by atoms with E-state index in [0.717, 1.165) is 28.1 Å². The Balaban J connectivity index is 1.55. The third kappa shape index (κ3) is 4.23. The second-order valence-corrected chi connectivity index (χ2v) is 10.4. The van der Waals surface area contributed by atoms with Gasteiger partial charge in [0.25, 0.3) is 0 Å². The van der Waals surface area contributed by atoms with Crippen molar-refractivity contribution in [2.45, 2.75) is 0 Å². The van der Waals surface area contributed by atoms with Gasteiger partial charge in [0.05, 0.1) is 11.4 Å². The second-order valence-electron chi connectivity index (χ2n) is 9.40. The Bertz CT molecular complexity index is 1830. The molecule has 0 atom stereocenters. The maximum atomic E-state index is 4.86. The van der Waals surface area contributed by atoms with Crippen LogP contribution >= 0.6 is 11.3 Å². The predicted molar refractivity (Wildman–Crippen MR) is 165 cm³/mol.